The van der Waals surface area contributed by atoms with Crippen LogP contribution in [0.1, 0.15) is 56.2 Å². The number of ether oxygens (including phenoxy) is 1. The van der Waals surface area contributed by atoms with Gasteiger partial charge in [0, 0.05) is 25.0 Å². The average molecular weight is 274 g/mol. The fourth-order valence-electron chi connectivity index (χ4n) is 3.58. The Hall–Kier alpha value is -0.930. The summed E-state index contributed by atoms with van der Waals surface area (Å²) in [5, 5.41) is 3.52. The van der Waals surface area contributed by atoms with Crippen molar-refractivity contribution in [2.75, 3.05) is 6.54 Å². The zero-order valence-electron chi connectivity index (χ0n) is 12.5. The van der Waals surface area contributed by atoms with Crippen LogP contribution in [0, 0.1) is 6.92 Å². The first-order valence-electron chi connectivity index (χ1n) is 8.06. The normalized spacial score (nSPS) is 25.1. The van der Waals surface area contributed by atoms with Gasteiger partial charge in [0.15, 0.2) is 0 Å². The van der Waals surface area contributed by atoms with Crippen LogP contribution in [0.2, 0.25) is 0 Å². The molecule has 1 saturated heterocycles. The van der Waals surface area contributed by atoms with E-state index in [0.717, 1.165) is 18.8 Å². The van der Waals surface area contributed by atoms with Crippen molar-refractivity contribution < 1.29 is 4.74 Å². The average Bonchev–Trinajstić information content (AvgIpc) is 2.85. The molecular weight excluding hydrogens is 248 g/mol. The van der Waals surface area contributed by atoms with Gasteiger partial charge in [-0.2, -0.15) is 0 Å². The number of aromatic nitrogens is 1. The fraction of sp³-hybridized carbons (Fsp3) is 0.706. The molecule has 1 aliphatic heterocycles. The summed E-state index contributed by atoms with van der Waals surface area (Å²) in [6.45, 7) is 3.88. The highest BCUT2D eigenvalue weighted by Gasteiger charge is 2.40. The van der Waals surface area contributed by atoms with E-state index in [9.17, 15) is 0 Å². The highest BCUT2D eigenvalue weighted by molar-refractivity contribution is 5.12. The largest absolute Gasteiger partial charge is 0.370 e. The van der Waals surface area contributed by atoms with E-state index in [2.05, 4.69) is 22.4 Å². The van der Waals surface area contributed by atoms with Crippen LogP contribution >= 0.6 is 0 Å². The highest BCUT2D eigenvalue weighted by atomic mass is 16.5. The lowest BCUT2D eigenvalue weighted by Crippen LogP contribution is -2.34. The van der Waals surface area contributed by atoms with Crippen LogP contribution in [0.5, 0.6) is 0 Å². The zero-order chi connectivity index (χ0) is 13.8. The third kappa shape index (κ3) is 3.39. The van der Waals surface area contributed by atoms with Crippen molar-refractivity contribution in [3.05, 3.63) is 29.6 Å². The molecule has 20 heavy (non-hydrogen) atoms. The number of nitrogens with one attached hydrogen (secondary N) is 1. The van der Waals surface area contributed by atoms with Gasteiger partial charge in [-0.1, -0.05) is 25.3 Å². The van der Waals surface area contributed by atoms with Crippen molar-refractivity contribution in [3.8, 4) is 0 Å². The lowest BCUT2D eigenvalue weighted by molar-refractivity contribution is -0.0624. The van der Waals surface area contributed by atoms with Gasteiger partial charge in [-0.15, -0.1) is 0 Å². The summed E-state index contributed by atoms with van der Waals surface area (Å²) in [6, 6.07) is 4.22. The van der Waals surface area contributed by atoms with Crippen molar-refractivity contribution in [1.29, 1.82) is 0 Å². The van der Waals surface area contributed by atoms with Gasteiger partial charge in [0.05, 0.1) is 11.7 Å². The molecule has 3 heteroatoms. The van der Waals surface area contributed by atoms with Gasteiger partial charge in [-0.05, 0) is 44.2 Å². The molecule has 0 amide bonds. The zero-order valence-corrected chi connectivity index (χ0v) is 12.5. The van der Waals surface area contributed by atoms with E-state index >= 15 is 0 Å². The summed E-state index contributed by atoms with van der Waals surface area (Å²) in [6.07, 6.45) is 11.5. The second-order valence-electron chi connectivity index (χ2n) is 6.46. The standard InChI is InChI=1S/C17H26N2O/c1-14-5-6-15(12-19-14)11-18-13-16-7-10-17(20-16)8-3-2-4-9-17/h5-6,12,16,18H,2-4,7-11,13H2,1H3. The molecule has 1 N–H and O–H groups in total. The van der Waals surface area contributed by atoms with E-state index in [1.807, 2.05) is 13.1 Å². The van der Waals surface area contributed by atoms with Gasteiger partial charge in [-0.25, -0.2) is 0 Å². The molecule has 3 nitrogen and oxygen atoms in total. The molecule has 0 bridgehead atoms. The Kier molecular flexibility index (Phi) is 4.37. The molecule has 0 aromatic carbocycles. The monoisotopic (exact) mass is 274 g/mol. The lowest BCUT2D eigenvalue weighted by Gasteiger charge is -2.33. The summed E-state index contributed by atoms with van der Waals surface area (Å²) in [5.41, 5.74) is 2.57. The molecule has 1 aromatic heterocycles. The molecule has 2 aliphatic rings. The quantitative estimate of drug-likeness (QED) is 0.914. The summed E-state index contributed by atoms with van der Waals surface area (Å²) in [4.78, 5) is 4.33. The van der Waals surface area contributed by atoms with E-state index in [4.69, 9.17) is 4.74 Å². The Bertz CT molecular complexity index is 423. The molecule has 110 valence electrons. The van der Waals surface area contributed by atoms with Gasteiger partial charge in [0.1, 0.15) is 0 Å². The van der Waals surface area contributed by atoms with E-state index in [-0.39, 0.29) is 5.60 Å². The second-order valence-corrected chi connectivity index (χ2v) is 6.46. The summed E-state index contributed by atoms with van der Waals surface area (Å²) in [7, 11) is 0. The van der Waals surface area contributed by atoms with Crippen LogP contribution in [0.25, 0.3) is 0 Å². The first-order valence-corrected chi connectivity index (χ1v) is 8.06. The molecule has 1 aliphatic carbocycles. The van der Waals surface area contributed by atoms with Crippen molar-refractivity contribution in [3.63, 3.8) is 0 Å². The molecule has 1 atom stereocenters. The van der Waals surface area contributed by atoms with Gasteiger partial charge >= 0.3 is 0 Å². The van der Waals surface area contributed by atoms with E-state index in [1.165, 1.54) is 50.5 Å². The van der Waals surface area contributed by atoms with Gasteiger partial charge in [0.25, 0.3) is 0 Å². The minimum atomic E-state index is 0.246. The number of nitrogens with zero attached hydrogens (tertiary/aromatic N) is 1. The van der Waals surface area contributed by atoms with Crippen molar-refractivity contribution in [1.82, 2.24) is 10.3 Å². The highest BCUT2D eigenvalue weighted by Crippen LogP contribution is 2.41. The number of hydrogen-bond acceptors (Lipinski definition) is 3. The molecule has 0 radical (unpaired) electrons. The van der Waals surface area contributed by atoms with E-state index in [1.54, 1.807) is 0 Å². The number of pyridine rings is 1. The topological polar surface area (TPSA) is 34.1 Å². The summed E-state index contributed by atoms with van der Waals surface area (Å²) in [5.74, 6) is 0. The Morgan fingerprint density at radius 3 is 2.85 bits per heavy atom. The second kappa shape index (κ2) is 6.23. The number of rotatable bonds is 4. The molecular formula is C17H26N2O. The Morgan fingerprint density at radius 2 is 2.10 bits per heavy atom. The van der Waals surface area contributed by atoms with E-state index < -0.39 is 0 Å². The minimum Gasteiger partial charge on any atom is -0.370 e. The molecule has 2 fully saturated rings. The maximum atomic E-state index is 6.37. The van der Waals surface area contributed by atoms with Crippen LogP contribution in [0.15, 0.2) is 18.3 Å². The van der Waals surface area contributed by atoms with Crippen LogP contribution in [0.4, 0.5) is 0 Å². The lowest BCUT2D eigenvalue weighted by atomic mass is 9.83. The van der Waals surface area contributed by atoms with Crippen molar-refractivity contribution >= 4 is 0 Å². The van der Waals surface area contributed by atoms with Crippen molar-refractivity contribution in [2.45, 2.75) is 70.1 Å². The van der Waals surface area contributed by atoms with Gasteiger partial charge < -0.3 is 10.1 Å². The molecule has 1 aromatic rings. The van der Waals surface area contributed by atoms with Crippen LogP contribution in [-0.2, 0) is 11.3 Å². The molecule has 1 spiro atoms. The summed E-state index contributed by atoms with van der Waals surface area (Å²) < 4.78 is 6.37. The Balaban J connectivity index is 1.42. The first kappa shape index (κ1) is 14.0. The third-order valence-electron chi connectivity index (χ3n) is 4.78. The third-order valence-corrected chi connectivity index (χ3v) is 4.78. The van der Waals surface area contributed by atoms with Crippen LogP contribution < -0.4 is 5.32 Å². The van der Waals surface area contributed by atoms with E-state index in [0.29, 0.717) is 6.10 Å². The maximum Gasteiger partial charge on any atom is 0.0708 e. The molecule has 1 saturated carbocycles. The van der Waals surface area contributed by atoms with Gasteiger partial charge in [0.2, 0.25) is 0 Å². The van der Waals surface area contributed by atoms with Crippen LogP contribution in [-0.4, -0.2) is 23.2 Å². The Labute approximate surface area is 122 Å². The predicted molar refractivity (Wildman–Crippen MR) is 80.6 cm³/mol. The minimum absolute atomic E-state index is 0.246. The summed E-state index contributed by atoms with van der Waals surface area (Å²) >= 11 is 0. The number of aryl methyl sites for hydroxylation is 1. The predicted octanol–water partition coefficient (Wildman–Crippen LogP) is 3.36. The first-order chi connectivity index (χ1) is 9.76. The smallest absolute Gasteiger partial charge is 0.0708 e. The number of hydrogen-bond donors (Lipinski definition) is 1. The SMILES string of the molecule is Cc1ccc(CNCC2CCC3(CCCCC3)O2)cn1. The molecule has 1 unspecified atom stereocenters. The maximum absolute atomic E-state index is 6.37. The molecule has 2 heterocycles. The molecule has 3 rings (SSSR count). The fourth-order valence-corrected chi connectivity index (χ4v) is 3.58. The van der Waals surface area contributed by atoms with Crippen molar-refractivity contribution in [2.24, 2.45) is 0 Å². The van der Waals surface area contributed by atoms with Crippen LogP contribution in [0.3, 0.4) is 0 Å². The Morgan fingerprint density at radius 1 is 1.25 bits per heavy atom. The van der Waals surface area contributed by atoms with Gasteiger partial charge in [-0.3, -0.25) is 4.98 Å².